The Morgan fingerprint density at radius 3 is 3.04 bits per heavy atom. The standard InChI is InChI=1S/C17H19N5O/c1-2-23-12-6-3-5-11(9-12)15-10-16-19-14-8-4-7-13(14)17(20-18)22(16)21-15/h3,5-6,9-10,20H,2,4,7-8,18H2,1H3. The lowest BCUT2D eigenvalue weighted by atomic mass is 10.1. The number of aromatic nitrogens is 3. The van der Waals surface area contributed by atoms with Crippen LogP contribution in [0.3, 0.4) is 0 Å². The molecule has 2 aromatic heterocycles. The van der Waals surface area contributed by atoms with Gasteiger partial charge >= 0.3 is 0 Å². The largest absolute Gasteiger partial charge is 0.494 e. The Balaban J connectivity index is 1.85. The predicted octanol–water partition coefficient (Wildman–Crippen LogP) is 2.57. The highest BCUT2D eigenvalue weighted by Gasteiger charge is 2.21. The lowest BCUT2D eigenvalue weighted by molar-refractivity contribution is 0.340. The van der Waals surface area contributed by atoms with E-state index >= 15 is 0 Å². The molecule has 0 aliphatic heterocycles. The van der Waals surface area contributed by atoms with E-state index in [0.717, 1.165) is 53.4 Å². The number of hydrogen-bond donors (Lipinski definition) is 2. The monoisotopic (exact) mass is 309 g/mol. The third kappa shape index (κ3) is 2.31. The molecule has 0 bridgehead atoms. The van der Waals surface area contributed by atoms with E-state index in [-0.39, 0.29) is 0 Å². The summed E-state index contributed by atoms with van der Waals surface area (Å²) in [6, 6.07) is 9.93. The van der Waals surface area contributed by atoms with Gasteiger partial charge in [-0.2, -0.15) is 9.61 Å². The molecular formula is C17H19N5O. The summed E-state index contributed by atoms with van der Waals surface area (Å²) in [5.74, 6) is 7.43. The van der Waals surface area contributed by atoms with Crippen LogP contribution < -0.4 is 16.0 Å². The molecule has 0 spiro atoms. The fraction of sp³-hybridized carbons (Fsp3) is 0.294. The zero-order chi connectivity index (χ0) is 15.8. The Morgan fingerprint density at radius 1 is 1.30 bits per heavy atom. The van der Waals surface area contributed by atoms with Crippen LogP contribution in [0.2, 0.25) is 0 Å². The van der Waals surface area contributed by atoms with Crippen molar-refractivity contribution >= 4 is 11.5 Å². The Morgan fingerprint density at radius 2 is 2.22 bits per heavy atom. The topological polar surface area (TPSA) is 77.5 Å². The zero-order valence-corrected chi connectivity index (χ0v) is 13.0. The summed E-state index contributed by atoms with van der Waals surface area (Å²) in [4.78, 5) is 4.74. The molecule has 0 saturated carbocycles. The Kier molecular flexibility index (Phi) is 3.38. The molecule has 6 heteroatoms. The van der Waals surface area contributed by atoms with Crippen LogP contribution in [0.4, 0.5) is 5.82 Å². The maximum absolute atomic E-state index is 5.74. The number of nitrogens with one attached hydrogen (secondary N) is 1. The smallest absolute Gasteiger partial charge is 0.158 e. The van der Waals surface area contributed by atoms with Crippen molar-refractivity contribution < 1.29 is 4.74 Å². The minimum atomic E-state index is 0.643. The van der Waals surface area contributed by atoms with E-state index in [9.17, 15) is 0 Å². The van der Waals surface area contributed by atoms with Gasteiger partial charge in [-0.15, -0.1) is 0 Å². The number of fused-ring (bicyclic) bond motifs is 2. The van der Waals surface area contributed by atoms with Crippen molar-refractivity contribution in [1.29, 1.82) is 0 Å². The number of nitrogen functional groups attached to an aromatic ring is 1. The van der Waals surface area contributed by atoms with E-state index in [0.29, 0.717) is 6.61 Å². The molecule has 1 aliphatic carbocycles. The van der Waals surface area contributed by atoms with E-state index in [4.69, 9.17) is 15.6 Å². The van der Waals surface area contributed by atoms with Gasteiger partial charge in [0.15, 0.2) is 5.65 Å². The van der Waals surface area contributed by atoms with Gasteiger partial charge in [-0.25, -0.2) is 10.8 Å². The van der Waals surface area contributed by atoms with E-state index in [1.54, 1.807) is 4.52 Å². The zero-order valence-electron chi connectivity index (χ0n) is 13.0. The first kappa shape index (κ1) is 14.0. The molecule has 1 aromatic carbocycles. The average Bonchev–Trinajstić information content (AvgIpc) is 3.19. The van der Waals surface area contributed by atoms with Crippen LogP contribution in [0, 0.1) is 0 Å². The third-order valence-corrected chi connectivity index (χ3v) is 4.20. The highest BCUT2D eigenvalue weighted by atomic mass is 16.5. The molecule has 2 heterocycles. The van der Waals surface area contributed by atoms with Gasteiger partial charge < -0.3 is 10.2 Å². The molecule has 1 aliphatic rings. The van der Waals surface area contributed by atoms with E-state index in [2.05, 4.69) is 10.5 Å². The highest BCUT2D eigenvalue weighted by Crippen LogP contribution is 2.30. The number of rotatable bonds is 4. The van der Waals surface area contributed by atoms with Crippen molar-refractivity contribution in [1.82, 2.24) is 14.6 Å². The van der Waals surface area contributed by atoms with Gasteiger partial charge in [0, 0.05) is 22.9 Å². The molecule has 0 fully saturated rings. The van der Waals surface area contributed by atoms with Gasteiger partial charge in [0.25, 0.3) is 0 Å². The van der Waals surface area contributed by atoms with Crippen molar-refractivity contribution in [2.45, 2.75) is 26.2 Å². The molecule has 0 radical (unpaired) electrons. The fourth-order valence-electron chi connectivity index (χ4n) is 3.19. The number of aryl methyl sites for hydroxylation is 1. The molecule has 23 heavy (non-hydrogen) atoms. The van der Waals surface area contributed by atoms with Crippen molar-refractivity contribution in [2.75, 3.05) is 12.0 Å². The van der Waals surface area contributed by atoms with Crippen LogP contribution in [0.15, 0.2) is 30.3 Å². The van der Waals surface area contributed by atoms with Gasteiger partial charge in [0.2, 0.25) is 0 Å². The number of anilines is 1. The van der Waals surface area contributed by atoms with Crippen molar-refractivity contribution in [3.8, 4) is 17.0 Å². The number of hydrazine groups is 1. The average molecular weight is 309 g/mol. The molecule has 0 atom stereocenters. The van der Waals surface area contributed by atoms with Crippen LogP contribution in [-0.2, 0) is 12.8 Å². The summed E-state index contributed by atoms with van der Waals surface area (Å²) in [6.45, 7) is 2.62. The summed E-state index contributed by atoms with van der Waals surface area (Å²) in [5.41, 5.74) is 7.79. The minimum absolute atomic E-state index is 0.643. The van der Waals surface area contributed by atoms with Crippen molar-refractivity contribution in [3.05, 3.63) is 41.6 Å². The SMILES string of the molecule is CCOc1cccc(-c2cc3nc4c(c(NN)n3n2)CCC4)c1. The number of ether oxygens (including phenoxy) is 1. The molecule has 6 nitrogen and oxygen atoms in total. The minimum Gasteiger partial charge on any atom is -0.494 e. The van der Waals surface area contributed by atoms with Gasteiger partial charge in [0.1, 0.15) is 11.6 Å². The van der Waals surface area contributed by atoms with E-state index in [1.807, 2.05) is 37.3 Å². The molecule has 3 N–H and O–H groups in total. The quantitative estimate of drug-likeness (QED) is 0.572. The Bertz CT molecular complexity index is 871. The van der Waals surface area contributed by atoms with Crippen molar-refractivity contribution in [2.24, 2.45) is 5.84 Å². The summed E-state index contributed by atoms with van der Waals surface area (Å²) in [5, 5.41) is 4.69. The molecule has 0 unspecified atom stereocenters. The number of nitrogens with zero attached hydrogens (tertiary/aromatic N) is 3. The van der Waals surface area contributed by atoms with Crippen LogP contribution in [-0.4, -0.2) is 21.2 Å². The van der Waals surface area contributed by atoms with Crippen LogP contribution in [0.1, 0.15) is 24.6 Å². The first-order valence-electron chi connectivity index (χ1n) is 7.91. The van der Waals surface area contributed by atoms with Gasteiger partial charge in [-0.05, 0) is 38.3 Å². The Hall–Kier alpha value is -2.60. The predicted molar refractivity (Wildman–Crippen MR) is 89.4 cm³/mol. The molecule has 0 amide bonds. The summed E-state index contributed by atoms with van der Waals surface area (Å²) < 4.78 is 7.37. The molecule has 0 saturated heterocycles. The Labute approximate surface area is 134 Å². The van der Waals surface area contributed by atoms with E-state index < -0.39 is 0 Å². The van der Waals surface area contributed by atoms with Crippen molar-refractivity contribution in [3.63, 3.8) is 0 Å². The molecular weight excluding hydrogens is 290 g/mol. The third-order valence-electron chi connectivity index (χ3n) is 4.20. The van der Waals surface area contributed by atoms with Crippen LogP contribution >= 0.6 is 0 Å². The van der Waals surface area contributed by atoms with Crippen LogP contribution in [0.25, 0.3) is 16.9 Å². The summed E-state index contributed by atoms with van der Waals surface area (Å²) >= 11 is 0. The number of benzene rings is 1. The molecule has 118 valence electrons. The maximum Gasteiger partial charge on any atom is 0.158 e. The maximum atomic E-state index is 5.74. The first-order valence-corrected chi connectivity index (χ1v) is 7.91. The molecule has 3 aromatic rings. The fourth-order valence-corrected chi connectivity index (χ4v) is 3.19. The summed E-state index contributed by atoms with van der Waals surface area (Å²) in [6.07, 6.45) is 3.11. The summed E-state index contributed by atoms with van der Waals surface area (Å²) in [7, 11) is 0. The lowest BCUT2D eigenvalue weighted by Gasteiger charge is -2.09. The number of hydrogen-bond acceptors (Lipinski definition) is 5. The lowest BCUT2D eigenvalue weighted by Crippen LogP contribution is -2.15. The second-order valence-corrected chi connectivity index (χ2v) is 5.64. The van der Waals surface area contributed by atoms with Gasteiger partial charge in [-0.3, -0.25) is 0 Å². The second-order valence-electron chi connectivity index (χ2n) is 5.64. The normalized spacial score (nSPS) is 13.3. The van der Waals surface area contributed by atoms with Gasteiger partial charge in [-0.1, -0.05) is 12.1 Å². The number of nitrogens with two attached hydrogens (primary N) is 1. The molecule has 4 rings (SSSR count). The highest BCUT2D eigenvalue weighted by molar-refractivity contribution is 5.68. The van der Waals surface area contributed by atoms with Crippen LogP contribution in [0.5, 0.6) is 5.75 Å². The van der Waals surface area contributed by atoms with E-state index in [1.165, 1.54) is 5.56 Å². The first-order chi connectivity index (χ1) is 11.3. The van der Waals surface area contributed by atoms with Gasteiger partial charge in [0.05, 0.1) is 12.3 Å². The second kappa shape index (κ2) is 5.55.